The van der Waals surface area contributed by atoms with E-state index >= 15 is 0 Å². The fourth-order valence-corrected chi connectivity index (χ4v) is 1.25. The van der Waals surface area contributed by atoms with Crippen molar-refractivity contribution in [1.29, 1.82) is 0 Å². The first-order chi connectivity index (χ1) is 6.74. The molecule has 0 aliphatic carbocycles. The van der Waals surface area contributed by atoms with Gasteiger partial charge in [0.05, 0.1) is 6.26 Å². The summed E-state index contributed by atoms with van der Waals surface area (Å²) in [6.45, 7) is 3.92. The van der Waals surface area contributed by atoms with Crippen LogP contribution in [0, 0.1) is 13.8 Å². The zero-order valence-corrected chi connectivity index (χ0v) is 8.28. The smallest absolute Gasteiger partial charge is 0.127 e. The quantitative estimate of drug-likeness (QED) is 0.718. The monoisotopic (exact) mass is 188 g/mol. The van der Waals surface area contributed by atoms with Crippen LogP contribution in [0.1, 0.15) is 22.8 Å². The fraction of sp³-hybridized carbons (Fsp3) is 0.167. The van der Waals surface area contributed by atoms with Gasteiger partial charge in [0.15, 0.2) is 0 Å². The van der Waals surface area contributed by atoms with Crippen molar-refractivity contribution < 1.29 is 8.83 Å². The Kier molecular flexibility index (Phi) is 2.27. The lowest BCUT2D eigenvalue weighted by Crippen LogP contribution is -1.63. The molecule has 0 fully saturated rings. The van der Waals surface area contributed by atoms with Crippen LogP contribution >= 0.6 is 0 Å². The molecule has 0 aliphatic heterocycles. The van der Waals surface area contributed by atoms with Crippen molar-refractivity contribution in [3.8, 4) is 0 Å². The lowest BCUT2D eigenvalue weighted by atomic mass is 10.3. The summed E-state index contributed by atoms with van der Waals surface area (Å²) in [5.41, 5.74) is 1.13. The van der Waals surface area contributed by atoms with Gasteiger partial charge in [0.1, 0.15) is 17.3 Å². The topological polar surface area (TPSA) is 26.3 Å². The molecule has 2 heteroatoms. The van der Waals surface area contributed by atoms with Gasteiger partial charge in [-0.3, -0.25) is 0 Å². The van der Waals surface area contributed by atoms with Crippen molar-refractivity contribution >= 4 is 12.2 Å². The second-order valence-corrected chi connectivity index (χ2v) is 3.31. The molecule has 2 aromatic rings. The molecule has 72 valence electrons. The second-order valence-electron chi connectivity index (χ2n) is 3.31. The van der Waals surface area contributed by atoms with Crippen LogP contribution in [0.25, 0.3) is 12.2 Å². The molecule has 0 aliphatic rings. The molecule has 0 N–H and O–H groups in total. The number of furan rings is 2. The molecular formula is C12H12O2. The highest BCUT2D eigenvalue weighted by atomic mass is 16.3. The van der Waals surface area contributed by atoms with Crippen molar-refractivity contribution in [3.63, 3.8) is 0 Å². The molecule has 0 spiro atoms. The predicted octanol–water partition coefficient (Wildman–Crippen LogP) is 3.66. The SMILES string of the molecule is Cc1coc(/C=C/c2ccc(C)o2)c1. The van der Waals surface area contributed by atoms with Gasteiger partial charge in [0.25, 0.3) is 0 Å². The van der Waals surface area contributed by atoms with Gasteiger partial charge in [-0.15, -0.1) is 0 Å². The Hall–Kier alpha value is -1.70. The van der Waals surface area contributed by atoms with Gasteiger partial charge in [-0.25, -0.2) is 0 Å². The van der Waals surface area contributed by atoms with E-state index in [1.54, 1.807) is 6.26 Å². The molecular weight excluding hydrogens is 176 g/mol. The van der Waals surface area contributed by atoms with E-state index in [0.717, 1.165) is 22.8 Å². The number of aryl methyl sites for hydroxylation is 2. The lowest BCUT2D eigenvalue weighted by Gasteiger charge is -1.84. The molecule has 0 saturated heterocycles. The van der Waals surface area contributed by atoms with E-state index in [-0.39, 0.29) is 0 Å². The van der Waals surface area contributed by atoms with E-state index in [2.05, 4.69) is 0 Å². The van der Waals surface area contributed by atoms with Crippen LogP contribution in [0.3, 0.4) is 0 Å². The maximum absolute atomic E-state index is 5.38. The molecule has 0 bridgehead atoms. The summed E-state index contributed by atoms with van der Waals surface area (Å²) in [6.07, 6.45) is 5.52. The summed E-state index contributed by atoms with van der Waals surface area (Å²) in [6, 6.07) is 5.85. The molecule has 0 atom stereocenters. The van der Waals surface area contributed by atoms with Gasteiger partial charge in [0.2, 0.25) is 0 Å². The Morgan fingerprint density at radius 2 is 1.86 bits per heavy atom. The van der Waals surface area contributed by atoms with Crippen molar-refractivity contribution in [2.75, 3.05) is 0 Å². The summed E-state index contributed by atoms with van der Waals surface area (Å²) in [4.78, 5) is 0. The van der Waals surface area contributed by atoms with Crippen LogP contribution in [0.2, 0.25) is 0 Å². The average Bonchev–Trinajstić information content (AvgIpc) is 2.72. The van der Waals surface area contributed by atoms with Crippen LogP contribution in [0.15, 0.2) is 33.3 Å². The molecule has 14 heavy (non-hydrogen) atoms. The minimum absolute atomic E-state index is 0.844. The van der Waals surface area contributed by atoms with Crippen molar-refractivity contribution in [1.82, 2.24) is 0 Å². The van der Waals surface area contributed by atoms with Gasteiger partial charge in [-0.05, 0) is 49.8 Å². The van der Waals surface area contributed by atoms with Crippen LogP contribution in [0.5, 0.6) is 0 Å². The first-order valence-electron chi connectivity index (χ1n) is 4.54. The lowest BCUT2D eigenvalue weighted by molar-refractivity contribution is 0.524. The van der Waals surface area contributed by atoms with Gasteiger partial charge in [-0.1, -0.05) is 0 Å². The standard InChI is InChI=1S/C12H12O2/c1-9-7-12(13-8-9)6-5-11-4-3-10(2)14-11/h3-8H,1-2H3/b6-5+. The molecule has 2 rings (SSSR count). The van der Waals surface area contributed by atoms with Crippen molar-refractivity contribution in [2.24, 2.45) is 0 Å². The molecule has 0 amide bonds. The zero-order chi connectivity index (χ0) is 9.97. The zero-order valence-electron chi connectivity index (χ0n) is 8.28. The van der Waals surface area contributed by atoms with Gasteiger partial charge < -0.3 is 8.83 Å². The highest BCUT2D eigenvalue weighted by Gasteiger charge is 1.95. The predicted molar refractivity (Wildman–Crippen MR) is 55.8 cm³/mol. The normalized spacial score (nSPS) is 11.3. The average molecular weight is 188 g/mol. The number of hydrogen-bond acceptors (Lipinski definition) is 2. The van der Waals surface area contributed by atoms with E-state index in [1.807, 2.05) is 44.2 Å². The number of rotatable bonds is 2. The van der Waals surface area contributed by atoms with Crippen LogP contribution < -0.4 is 0 Å². The van der Waals surface area contributed by atoms with E-state index < -0.39 is 0 Å². The Bertz CT molecular complexity index is 404. The molecule has 0 radical (unpaired) electrons. The van der Waals surface area contributed by atoms with Crippen LogP contribution in [0.4, 0.5) is 0 Å². The third kappa shape index (κ3) is 1.96. The maximum Gasteiger partial charge on any atom is 0.127 e. The van der Waals surface area contributed by atoms with Gasteiger partial charge in [0, 0.05) is 0 Å². The summed E-state index contributed by atoms with van der Waals surface area (Å²) in [5, 5.41) is 0. The fourth-order valence-electron chi connectivity index (χ4n) is 1.25. The van der Waals surface area contributed by atoms with Crippen molar-refractivity contribution in [3.05, 3.63) is 47.3 Å². The van der Waals surface area contributed by atoms with E-state index in [1.165, 1.54) is 0 Å². The largest absolute Gasteiger partial charge is 0.465 e. The number of hydrogen-bond donors (Lipinski definition) is 0. The first kappa shape index (κ1) is 8.88. The third-order valence-electron chi connectivity index (χ3n) is 1.92. The van der Waals surface area contributed by atoms with Gasteiger partial charge >= 0.3 is 0 Å². The summed E-state index contributed by atoms with van der Waals surface area (Å²) < 4.78 is 10.6. The molecule has 2 heterocycles. The third-order valence-corrected chi connectivity index (χ3v) is 1.92. The van der Waals surface area contributed by atoms with Gasteiger partial charge in [-0.2, -0.15) is 0 Å². The molecule has 0 unspecified atom stereocenters. The maximum atomic E-state index is 5.38. The van der Waals surface area contributed by atoms with Crippen molar-refractivity contribution in [2.45, 2.75) is 13.8 Å². The summed E-state index contributed by atoms with van der Waals surface area (Å²) in [5.74, 6) is 2.60. The summed E-state index contributed by atoms with van der Waals surface area (Å²) >= 11 is 0. The minimum atomic E-state index is 0.844. The highest BCUT2D eigenvalue weighted by molar-refractivity contribution is 5.64. The first-order valence-corrected chi connectivity index (χ1v) is 4.54. The molecule has 0 saturated carbocycles. The Morgan fingerprint density at radius 3 is 2.43 bits per heavy atom. The minimum Gasteiger partial charge on any atom is -0.465 e. The van der Waals surface area contributed by atoms with E-state index in [0.29, 0.717) is 0 Å². The van der Waals surface area contributed by atoms with E-state index in [4.69, 9.17) is 8.83 Å². The van der Waals surface area contributed by atoms with E-state index in [9.17, 15) is 0 Å². The van der Waals surface area contributed by atoms with Crippen LogP contribution in [-0.4, -0.2) is 0 Å². The second kappa shape index (κ2) is 3.58. The Labute approximate surface area is 82.8 Å². The highest BCUT2D eigenvalue weighted by Crippen LogP contribution is 2.13. The Morgan fingerprint density at radius 1 is 1.07 bits per heavy atom. The molecule has 2 aromatic heterocycles. The Balaban J connectivity index is 2.14. The molecule has 0 aromatic carbocycles. The summed E-state index contributed by atoms with van der Waals surface area (Å²) in [7, 11) is 0. The van der Waals surface area contributed by atoms with Crippen LogP contribution in [-0.2, 0) is 0 Å². The molecule has 2 nitrogen and oxygen atoms in total.